The number of rotatable bonds is 5. The Kier molecular flexibility index (Phi) is 6.08. The molecule has 7 nitrogen and oxygen atoms in total. The zero-order chi connectivity index (χ0) is 20.4. The molecule has 0 aliphatic heterocycles. The number of benzene rings is 2. The lowest BCUT2D eigenvalue weighted by Crippen LogP contribution is -2.38. The van der Waals surface area contributed by atoms with Gasteiger partial charge in [0.05, 0.1) is 12.0 Å². The van der Waals surface area contributed by atoms with Gasteiger partial charge in [-0.25, -0.2) is 9.59 Å². The van der Waals surface area contributed by atoms with Crippen molar-refractivity contribution < 1.29 is 24.0 Å². The van der Waals surface area contributed by atoms with Crippen LogP contribution in [0.1, 0.15) is 24.2 Å². The molecule has 0 spiro atoms. The van der Waals surface area contributed by atoms with E-state index in [2.05, 4.69) is 4.74 Å². The number of halogens is 2. The highest BCUT2D eigenvalue weighted by atomic mass is 35.5. The van der Waals surface area contributed by atoms with Gasteiger partial charge in [0.15, 0.2) is 0 Å². The van der Waals surface area contributed by atoms with Gasteiger partial charge in [-0.1, -0.05) is 29.3 Å². The highest BCUT2D eigenvalue weighted by molar-refractivity contribution is 6.36. The lowest BCUT2D eigenvalue weighted by molar-refractivity contribution is -0.385. The molecule has 2 rings (SSSR count). The molecule has 0 aromatic heterocycles. The highest BCUT2D eigenvalue weighted by Crippen LogP contribution is 2.33. The van der Waals surface area contributed by atoms with Crippen molar-refractivity contribution in [3.05, 3.63) is 62.1 Å². The summed E-state index contributed by atoms with van der Waals surface area (Å²) in [5.74, 6) is -1.83. The van der Waals surface area contributed by atoms with E-state index in [-0.39, 0.29) is 5.56 Å². The van der Waals surface area contributed by atoms with Crippen LogP contribution in [0.2, 0.25) is 10.0 Å². The molecule has 0 saturated heterocycles. The minimum Gasteiger partial charge on any atom is -0.466 e. The Morgan fingerprint density at radius 1 is 1.11 bits per heavy atom. The molecule has 142 valence electrons. The fraction of sp³-hybridized carbons (Fsp3) is 0.222. The summed E-state index contributed by atoms with van der Waals surface area (Å²) < 4.78 is 9.71. The third kappa shape index (κ3) is 4.56. The molecule has 0 aliphatic carbocycles. The second-order valence-corrected chi connectivity index (χ2v) is 6.85. The molecule has 0 saturated carbocycles. The highest BCUT2D eigenvalue weighted by Gasteiger charge is 2.35. The maximum atomic E-state index is 12.5. The molecule has 0 bridgehead atoms. The molecule has 0 N–H and O–H groups in total. The second-order valence-electron chi connectivity index (χ2n) is 6.00. The molecule has 0 heterocycles. The van der Waals surface area contributed by atoms with Crippen LogP contribution in [0.4, 0.5) is 5.69 Å². The maximum absolute atomic E-state index is 12.5. The van der Waals surface area contributed by atoms with Crippen LogP contribution in [0.3, 0.4) is 0 Å². The molecule has 0 radical (unpaired) electrons. The van der Waals surface area contributed by atoms with E-state index < -0.39 is 28.2 Å². The topological polar surface area (TPSA) is 95.7 Å². The van der Waals surface area contributed by atoms with Gasteiger partial charge in [0, 0.05) is 21.7 Å². The predicted molar refractivity (Wildman–Crippen MR) is 100 cm³/mol. The monoisotopic (exact) mass is 411 g/mol. The van der Waals surface area contributed by atoms with Gasteiger partial charge in [0.2, 0.25) is 5.60 Å². The van der Waals surface area contributed by atoms with E-state index in [1.54, 1.807) is 12.1 Å². The number of nitrogens with zero attached hydrogens (tertiary/aromatic N) is 1. The molecule has 2 aromatic rings. The van der Waals surface area contributed by atoms with Gasteiger partial charge in [0.25, 0.3) is 5.69 Å². The van der Waals surface area contributed by atoms with Crippen LogP contribution in [-0.2, 0) is 14.3 Å². The summed E-state index contributed by atoms with van der Waals surface area (Å²) in [5.41, 5.74) is -1.43. The average Bonchev–Trinajstić information content (AvgIpc) is 2.59. The van der Waals surface area contributed by atoms with Gasteiger partial charge < -0.3 is 9.47 Å². The van der Waals surface area contributed by atoms with E-state index >= 15 is 0 Å². The van der Waals surface area contributed by atoms with Gasteiger partial charge in [-0.3, -0.25) is 10.1 Å². The Balaban J connectivity index is 2.52. The van der Waals surface area contributed by atoms with Gasteiger partial charge in [-0.15, -0.1) is 0 Å². The van der Waals surface area contributed by atoms with Crippen molar-refractivity contribution in [2.75, 3.05) is 7.11 Å². The van der Waals surface area contributed by atoms with Crippen LogP contribution >= 0.6 is 23.2 Å². The Labute approximate surface area is 164 Å². The first-order chi connectivity index (χ1) is 12.6. The fourth-order valence-corrected chi connectivity index (χ4v) is 2.84. The first-order valence-corrected chi connectivity index (χ1v) is 8.38. The number of esters is 2. The predicted octanol–water partition coefficient (Wildman–Crippen LogP) is 4.68. The van der Waals surface area contributed by atoms with Gasteiger partial charge in [0.1, 0.15) is 5.56 Å². The van der Waals surface area contributed by atoms with Crippen LogP contribution in [0.5, 0.6) is 0 Å². The number of carbonyl (C=O) groups excluding carboxylic acids is 2. The molecular formula is C18H15Cl2NO6. The molecular weight excluding hydrogens is 397 g/mol. The lowest BCUT2D eigenvalue weighted by Gasteiger charge is -2.22. The van der Waals surface area contributed by atoms with Crippen molar-refractivity contribution in [2.45, 2.75) is 19.4 Å². The molecule has 0 unspecified atom stereocenters. The van der Waals surface area contributed by atoms with Crippen LogP contribution in [0.25, 0.3) is 11.1 Å². The molecule has 0 atom stereocenters. The number of methoxy groups -OCH3 is 1. The van der Waals surface area contributed by atoms with E-state index in [1.807, 2.05) is 0 Å². The number of carbonyl (C=O) groups is 2. The third-order valence-electron chi connectivity index (χ3n) is 3.68. The Morgan fingerprint density at radius 2 is 1.78 bits per heavy atom. The molecule has 27 heavy (non-hydrogen) atoms. The molecule has 9 heteroatoms. The zero-order valence-corrected chi connectivity index (χ0v) is 16.1. The van der Waals surface area contributed by atoms with Crippen molar-refractivity contribution in [3.63, 3.8) is 0 Å². The third-order valence-corrected chi connectivity index (χ3v) is 4.23. The van der Waals surface area contributed by atoms with Gasteiger partial charge in [-0.05, 0) is 43.7 Å². The van der Waals surface area contributed by atoms with Crippen LogP contribution < -0.4 is 0 Å². The van der Waals surface area contributed by atoms with Crippen molar-refractivity contribution in [3.8, 4) is 11.1 Å². The SMILES string of the molecule is COC(=O)C(C)(C)OC(=O)c1cc(-c2ccc(Cl)cc2Cl)ccc1[N+](=O)[O-]. The average molecular weight is 412 g/mol. The van der Waals surface area contributed by atoms with Crippen molar-refractivity contribution in [2.24, 2.45) is 0 Å². The largest absolute Gasteiger partial charge is 0.466 e. The van der Waals surface area contributed by atoms with Crippen molar-refractivity contribution in [1.82, 2.24) is 0 Å². The van der Waals surface area contributed by atoms with E-state index in [9.17, 15) is 19.7 Å². The van der Waals surface area contributed by atoms with Gasteiger partial charge in [-0.2, -0.15) is 0 Å². The van der Waals surface area contributed by atoms with E-state index in [1.165, 1.54) is 38.1 Å². The van der Waals surface area contributed by atoms with Crippen molar-refractivity contribution >= 4 is 40.8 Å². The smallest absolute Gasteiger partial charge is 0.349 e. The molecule has 2 aromatic carbocycles. The quantitative estimate of drug-likeness (QED) is 0.402. The van der Waals surface area contributed by atoms with E-state index in [0.717, 1.165) is 7.11 Å². The summed E-state index contributed by atoms with van der Waals surface area (Å²) in [7, 11) is 1.14. The summed E-state index contributed by atoms with van der Waals surface area (Å²) in [5, 5.41) is 12.0. The Hall–Kier alpha value is -2.64. The van der Waals surface area contributed by atoms with Crippen LogP contribution in [-0.4, -0.2) is 29.6 Å². The number of hydrogen-bond acceptors (Lipinski definition) is 6. The Morgan fingerprint density at radius 3 is 2.33 bits per heavy atom. The lowest BCUT2D eigenvalue weighted by atomic mass is 10.0. The summed E-state index contributed by atoms with van der Waals surface area (Å²) >= 11 is 12.0. The number of nitro groups is 1. The molecule has 0 fully saturated rings. The molecule has 0 amide bonds. The summed E-state index contributed by atoms with van der Waals surface area (Å²) in [4.78, 5) is 34.9. The van der Waals surface area contributed by atoms with Gasteiger partial charge >= 0.3 is 11.9 Å². The number of nitro benzene ring substituents is 1. The first kappa shape index (κ1) is 20.7. The minimum atomic E-state index is -1.62. The van der Waals surface area contributed by atoms with E-state index in [0.29, 0.717) is 21.2 Å². The van der Waals surface area contributed by atoms with Crippen molar-refractivity contribution in [1.29, 1.82) is 0 Å². The summed E-state index contributed by atoms with van der Waals surface area (Å²) in [6, 6.07) is 8.64. The standard InChI is InChI=1S/C18H15Cl2NO6/c1-18(2,17(23)26-3)27-16(22)13-8-10(4-7-15(13)21(24)25)12-6-5-11(19)9-14(12)20/h4-9H,1-3H3. The van der Waals surface area contributed by atoms with Crippen LogP contribution in [0, 0.1) is 10.1 Å². The normalized spacial score (nSPS) is 11.0. The summed E-state index contributed by atoms with van der Waals surface area (Å²) in [6.45, 7) is 2.64. The fourth-order valence-electron chi connectivity index (χ4n) is 2.32. The minimum absolute atomic E-state index is 0.311. The summed E-state index contributed by atoms with van der Waals surface area (Å²) in [6.07, 6.45) is 0. The molecule has 0 aliphatic rings. The number of hydrogen-bond donors (Lipinski definition) is 0. The maximum Gasteiger partial charge on any atom is 0.349 e. The number of ether oxygens (including phenoxy) is 2. The Bertz CT molecular complexity index is 926. The first-order valence-electron chi connectivity index (χ1n) is 7.62. The van der Waals surface area contributed by atoms with E-state index in [4.69, 9.17) is 27.9 Å². The second kappa shape index (κ2) is 7.94. The van der Waals surface area contributed by atoms with Crippen LogP contribution in [0.15, 0.2) is 36.4 Å². The zero-order valence-electron chi connectivity index (χ0n) is 14.6.